The molecule has 1 aliphatic heterocycles. The first-order valence-corrected chi connectivity index (χ1v) is 13.5. The Balaban J connectivity index is 1.47. The number of carbonyl (C=O) groups excluding carboxylic acids is 3. The van der Waals surface area contributed by atoms with Gasteiger partial charge >= 0.3 is 6.03 Å². The maximum absolute atomic E-state index is 13.1. The van der Waals surface area contributed by atoms with Crippen LogP contribution in [0, 0.1) is 0 Å². The van der Waals surface area contributed by atoms with Gasteiger partial charge in [-0.1, -0.05) is 29.3 Å². The molecule has 1 aromatic heterocycles. The fraction of sp³-hybridized carbons (Fsp3) is 0.0500. The number of nitrogens with one attached hydrogen (secondary N) is 2. The number of thiophene rings is 1. The van der Waals surface area contributed by atoms with E-state index in [4.69, 9.17) is 29.1 Å². The van der Waals surface area contributed by atoms with Crippen molar-refractivity contribution in [2.24, 2.45) is 5.90 Å². The number of anilines is 2. The highest BCUT2D eigenvalue weighted by molar-refractivity contribution is 7.94. The van der Waals surface area contributed by atoms with Crippen LogP contribution in [0.2, 0.25) is 9.36 Å². The van der Waals surface area contributed by atoms with Gasteiger partial charge in [-0.15, -0.1) is 20.7 Å². The minimum atomic E-state index is -4.19. The quantitative estimate of drug-likeness (QED) is 0.160. The van der Waals surface area contributed by atoms with Gasteiger partial charge in [0.1, 0.15) is 8.55 Å². The summed E-state index contributed by atoms with van der Waals surface area (Å²) in [7, 11) is -4.19. The molecule has 0 saturated carbocycles. The van der Waals surface area contributed by atoms with Crippen LogP contribution < -0.4 is 20.8 Å². The fourth-order valence-electron chi connectivity index (χ4n) is 3.24. The number of amides is 4. The molecular formula is C20H14Cl2N4O7S3. The van der Waals surface area contributed by atoms with Crippen molar-refractivity contribution in [3.8, 4) is 0 Å². The zero-order chi connectivity index (χ0) is 26.0. The van der Waals surface area contributed by atoms with E-state index in [2.05, 4.69) is 14.6 Å². The zero-order valence-electron chi connectivity index (χ0n) is 17.7. The number of urea groups is 1. The van der Waals surface area contributed by atoms with Crippen LogP contribution in [0.15, 0.2) is 57.6 Å². The van der Waals surface area contributed by atoms with Crippen molar-refractivity contribution in [3.63, 3.8) is 0 Å². The topological polar surface area (TPSA) is 157 Å². The van der Waals surface area contributed by atoms with Crippen LogP contribution in [0.4, 0.5) is 16.2 Å². The lowest BCUT2D eigenvalue weighted by atomic mass is 9.98. The lowest BCUT2D eigenvalue weighted by Gasteiger charge is -2.27. The molecule has 0 fully saturated rings. The third kappa shape index (κ3) is 5.66. The predicted octanol–water partition coefficient (Wildman–Crippen LogP) is 4.12. The smallest absolute Gasteiger partial charge is 0.307 e. The maximum atomic E-state index is 13.1. The van der Waals surface area contributed by atoms with Gasteiger partial charge in [0.25, 0.3) is 15.9 Å². The maximum Gasteiger partial charge on any atom is 0.333 e. The van der Waals surface area contributed by atoms with Gasteiger partial charge in [-0.2, -0.15) is 5.90 Å². The molecule has 1 aliphatic rings. The van der Waals surface area contributed by atoms with Gasteiger partial charge in [-0.3, -0.25) is 9.59 Å². The van der Waals surface area contributed by atoms with E-state index >= 15 is 0 Å². The first-order valence-electron chi connectivity index (χ1n) is 9.68. The monoisotopic (exact) mass is 588 g/mol. The third-order valence-corrected chi connectivity index (χ3v) is 9.04. The molecule has 0 atom stereocenters. The second kappa shape index (κ2) is 10.7. The van der Waals surface area contributed by atoms with Crippen molar-refractivity contribution in [1.29, 1.82) is 0 Å². The molecule has 0 unspecified atom stereocenters. The number of hydrogen-bond acceptors (Lipinski definition) is 10. The summed E-state index contributed by atoms with van der Waals surface area (Å²) in [4.78, 5) is 43.6. The second-order valence-corrected chi connectivity index (χ2v) is 11.8. The molecule has 0 radical (unpaired) electrons. The third-order valence-electron chi connectivity index (χ3n) is 4.77. The van der Waals surface area contributed by atoms with E-state index in [9.17, 15) is 22.8 Å². The van der Waals surface area contributed by atoms with Crippen LogP contribution in [-0.4, -0.2) is 26.3 Å². The van der Waals surface area contributed by atoms with Gasteiger partial charge in [0.05, 0.1) is 29.2 Å². The number of hydrogen-bond donors (Lipinski definition) is 3. The molecule has 11 nitrogen and oxygen atoms in total. The number of fused-ring (bicyclic) bond motifs is 1. The molecule has 0 aliphatic carbocycles. The number of benzene rings is 2. The van der Waals surface area contributed by atoms with Crippen LogP contribution in [0.3, 0.4) is 0 Å². The molecule has 16 heteroatoms. The highest BCUT2D eigenvalue weighted by Crippen LogP contribution is 2.34. The highest BCUT2D eigenvalue weighted by Gasteiger charge is 2.32. The Bertz CT molecular complexity index is 1440. The molecular weight excluding hydrogens is 575 g/mol. The predicted molar refractivity (Wildman–Crippen MR) is 134 cm³/mol. The number of imide groups is 1. The summed E-state index contributed by atoms with van der Waals surface area (Å²) < 4.78 is 31.0. The van der Waals surface area contributed by atoms with Gasteiger partial charge in [-0.25, -0.2) is 22.8 Å². The zero-order valence-corrected chi connectivity index (χ0v) is 21.7. The average Bonchev–Trinajstić information content (AvgIpc) is 3.18. The van der Waals surface area contributed by atoms with E-state index < -0.39 is 27.9 Å². The molecule has 0 spiro atoms. The number of nitrogens with two attached hydrogens (primary N) is 1. The summed E-state index contributed by atoms with van der Waals surface area (Å²) in [5.74, 6) is 3.85. The molecule has 0 bridgehead atoms. The number of nitrogens with zero attached hydrogens (tertiary/aromatic N) is 1. The Labute approximate surface area is 222 Å². The van der Waals surface area contributed by atoms with Crippen molar-refractivity contribution in [3.05, 3.63) is 69.0 Å². The summed E-state index contributed by atoms with van der Waals surface area (Å²) >= 11 is 13.1. The summed E-state index contributed by atoms with van der Waals surface area (Å²) in [5.41, 5.74) is 1.34. The molecule has 36 heavy (non-hydrogen) atoms. The standard InChI is InChI=1S/C20H14Cl2N4O7S3/c21-15-9-17(34-18(15)22)36(30,31)25-20(29)24-11-2-4-12(5-3-11)26-16(27)7-10-1-6-13(35-33-32-23)8-14(10)19(26)28/h1-6,8-9H,7,23H2,(H2,24,25,29). The summed E-state index contributed by atoms with van der Waals surface area (Å²) in [6.07, 6.45) is -0.00269. The van der Waals surface area contributed by atoms with E-state index in [1.807, 2.05) is 4.72 Å². The average molecular weight is 589 g/mol. The normalized spacial score (nSPS) is 13.5. The van der Waals surface area contributed by atoms with E-state index in [1.54, 1.807) is 18.2 Å². The van der Waals surface area contributed by atoms with Crippen molar-refractivity contribution in [2.75, 3.05) is 10.2 Å². The van der Waals surface area contributed by atoms with Crippen LogP contribution >= 0.6 is 46.6 Å². The van der Waals surface area contributed by atoms with Crippen molar-refractivity contribution in [1.82, 2.24) is 4.72 Å². The van der Waals surface area contributed by atoms with E-state index in [0.29, 0.717) is 27.4 Å². The molecule has 0 saturated heterocycles. The van der Waals surface area contributed by atoms with Gasteiger partial charge in [0.15, 0.2) is 0 Å². The van der Waals surface area contributed by atoms with Crippen molar-refractivity contribution >= 4 is 85.8 Å². The first kappa shape index (κ1) is 26.4. The van der Waals surface area contributed by atoms with Gasteiger partial charge in [0, 0.05) is 16.1 Å². The lowest BCUT2D eigenvalue weighted by Crippen LogP contribution is -2.42. The number of rotatable bonds is 7. The molecule has 4 rings (SSSR count). The van der Waals surface area contributed by atoms with Gasteiger partial charge in [-0.05, 0) is 48.0 Å². The highest BCUT2D eigenvalue weighted by atomic mass is 35.5. The molecule has 3 aromatic rings. The Morgan fingerprint density at radius 3 is 2.47 bits per heavy atom. The first-order chi connectivity index (χ1) is 17.1. The van der Waals surface area contributed by atoms with Crippen molar-refractivity contribution in [2.45, 2.75) is 15.5 Å². The second-order valence-electron chi connectivity index (χ2n) is 7.07. The fourth-order valence-corrected chi connectivity index (χ4v) is 6.43. The molecule has 2 aromatic carbocycles. The van der Waals surface area contributed by atoms with E-state index in [1.165, 1.54) is 24.3 Å². The Kier molecular flexibility index (Phi) is 7.87. The molecule has 188 valence electrons. The number of halogens is 2. The summed E-state index contributed by atoms with van der Waals surface area (Å²) in [5, 5.41) is 2.42. The minimum absolute atomic E-state index is 0.00269. The SMILES string of the molecule is NOOSc1ccc2c(c1)C(=O)N(c1ccc(NC(=O)NS(=O)(=O)c3cc(Cl)c(Cl)s3)cc1)C(=O)C2. The Morgan fingerprint density at radius 2 is 1.83 bits per heavy atom. The number of carbonyl (C=O) groups is 3. The Morgan fingerprint density at radius 1 is 1.11 bits per heavy atom. The van der Waals surface area contributed by atoms with Gasteiger partial charge in [0.2, 0.25) is 5.91 Å². The Hall–Kier alpha value is -2.69. The van der Waals surface area contributed by atoms with Gasteiger partial charge < -0.3 is 5.32 Å². The number of sulfonamides is 1. The largest absolute Gasteiger partial charge is 0.333 e. The molecule has 4 N–H and O–H groups in total. The summed E-state index contributed by atoms with van der Waals surface area (Å²) in [6, 6.07) is 10.6. The molecule has 2 heterocycles. The summed E-state index contributed by atoms with van der Waals surface area (Å²) in [6.45, 7) is 0. The lowest BCUT2D eigenvalue weighted by molar-refractivity contribution is -0.195. The van der Waals surface area contributed by atoms with Crippen LogP contribution in [0.25, 0.3) is 0 Å². The van der Waals surface area contributed by atoms with Crippen molar-refractivity contribution < 1.29 is 32.1 Å². The van der Waals surface area contributed by atoms with Crippen LogP contribution in [0.5, 0.6) is 0 Å². The van der Waals surface area contributed by atoms with E-state index in [0.717, 1.165) is 23.0 Å². The van der Waals surface area contributed by atoms with Crippen LogP contribution in [-0.2, 0) is 30.6 Å². The molecule has 4 amide bonds. The van der Waals surface area contributed by atoms with E-state index in [-0.39, 0.29) is 31.4 Å². The minimum Gasteiger partial charge on any atom is -0.307 e. The van der Waals surface area contributed by atoms with Crippen LogP contribution in [0.1, 0.15) is 15.9 Å².